The maximum atomic E-state index is 13.1. The number of amides is 1. The molecule has 3 rings (SSSR count). The van der Waals surface area contributed by atoms with Crippen molar-refractivity contribution in [2.24, 2.45) is 5.10 Å². The van der Waals surface area contributed by atoms with Crippen LogP contribution in [-0.2, 0) is 14.3 Å². The SMILES string of the molecule is [C-]#[N+]C1=NN(c2ccc(C(=O)O)cc2)C(=O)C1=C(C=Cc1ccc(N(C)C)s1)C(=O)OC. The second-order valence-corrected chi connectivity index (χ2v) is 7.78. The van der Waals surface area contributed by atoms with Crippen LogP contribution >= 0.6 is 11.3 Å². The fraction of sp³-hybridized carbons (Fsp3) is 0.136. The molecule has 0 aliphatic carbocycles. The highest BCUT2D eigenvalue weighted by molar-refractivity contribution is 7.16. The van der Waals surface area contributed by atoms with Crippen molar-refractivity contribution in [2.45, 2.75) is 0 Å². The van der Waals surface area contributed by atoms with Gasteiger partial charge in [0.15, 0.2) is 0 Å². The summed E-state index contributed by atoms with van der Waals surface area (Å²) in [4.78, 5) is 42.7. The van der Waals surface area contributed by atoms with Crippen LogP contribution in [0.1, 0.15) is 15.2 Å². The number of carbonyl (C=O) groups excluding carboxylic acids is 2. The average Bonchev–Trinajstić information content (AvgIpc) is 3.39. The van der Waals surface area contributed by atoms with Gasteiger partial charge in [-0.2, -0.15) is 0 Å². The Hall–Kier alpha value is -4.23. The fourth-order valence-electron chi connectivity index (χ4n) is 2.83. The van der Waals surface area contributed by atoms with E-state index in [0.29, 0.717) is 0 Å². The number of hydrogen-bond donors (Lipinski definition) is 1. The van der Waals surface area contributed by atoms with Gasteiger partial charge >= 0.3 is 17.8 Å². The van der Waals surface area contributed by atoms with Crippen LogP contribution in [0.15, 0.2) is 58.7 Å². The van der Waals surface area contributed by atoms with E-state index in [2.05, 4.69) is 9.95 Å². The Morgan fingerprint density at radius 2 is 1.91 bits per heavy atom. The Labute approximate surface area is 188 Å². The summed E-state index contributed by atoms with van der Waals surface area (Å²) in [7, 11) is 5.01. The minimum absolute atomic E-state index is 0.0387. The summed E-state index contributed by atoms with van der Waals surface area (Å²) in [6.45, 7) is 7.43. The third kappa shape index (κ3) is 4.43. The molecule has 0 unspecified atom stereocenters. The van der Waals surface area contributed by atoms with Crippen molar-refractivity contribution in [3.8, 4) is 0 Å². The number of carboxylic acids is 1. The van der Waals surface area contributed by atoms with Crippen molar-refractivity contribution >= 4 is 51.8 Å². The van der Waals surface area contributed by atoms with Gasteiger partial charge in [-0.05, 0) is 53.7 Å². The molecule has 0 bridgehead atoms. The van der Waals surface area contributed by atoms with Crippen molar-refractivity contribution < 1.29 is 24.2 Å². The van der Waals surface area contributed by atoms with Gasteiger partial charge in [0.05, 0.1) is 34.5 Å². The number of thiophene rings is 1. The molecular weight excluding hydrogens is 432 g/mol. The molecule has 1 aromatic heterocycles. The third-order valence-electron chi connectivity index (χ3n) is 4.43. The molecule has 162 valence electrons. The average molecular weight is 450 g/mol. The maximum absolute atomic E-state index is 13.1. The number of carboxylic acid groups (broad SMARTS) is 1. The maximum Gasteiger partial charge on any atom is 0.337 e. The molecule has 1 aliphatic heterocycles. The molecule has 32 heavy (non-hydrogen) atoms. The highest BCUT2D eigenvalue weighted by Gasteiger charge is 2.38. The van der Waals surface area contributed by atoms with Gasteiger partial charge in [0.1, 0.15) is 0 Å². The number of methoxy groups -OCH3 is 1. The quantitative estimate of drug-likeness (QED) is 0.412. The number of hydrazone groups is 1. The Morgan fingerprint density at radius 1 is 1.22 bits per heavy atom. The second-order valence-electron chi connectivity index (χ2n) is 6.69. The van der Waals surface area contributed by atoms with Crippen LogP contribution < -0.4 is 9.91 Å². The lowest BCUT2D eigenvalue weighted by atomic mass is 10.1. The second kappa shape index (κ2) is 9.28. The topological polar surface area (TPSA) is 104 Å². The zero-order chi connectivity index (χ0) is 23.4. The zero-order valence-electron chi connectivity index (χ0n) is 17.4. The van der Waals surface area contributed by atoms with E-state index in [0.717, 1.165) is 14.9 Å². The molecule has 10 heteroatoms. The number of ether oxygens (including phenoxy) is 1. The van der Waals surface area contributed by atoms with E-state index in [9.17, 15) is 14.4 Å². The van der Waals surface area contributed by atoms with E-state index in [1.54, 1.807) is 6.08 Å². The first-order chi connectivity index (χ1) is 15.3. The van der Waals surface area contributed by atoms with Crippen LogP contribution in [0.5, 0.6) is 0 Å². The van der Waals surface area contributed by atoms with Crippen molar-refractivity contribution in [1.29, 1.82) is 0 Å². The van der Waals surface area contributed by atoms with Crippen molar-refractivity contribution in [1.82, 2.24) is 0 Å². The van der Waals surface area contributed by atoms with Crippen molar-refractivity contribution in [3.05, 3.63) is 75.5 Å². The van der Waals surface area contributed by atoms with E-state index in [1.807, 2.05) is 31.1 Å². The highest BCUT2D eigenvalue weighted by Crippen LogP contribution is 2.29. The predicted molar refractivity (Wildman–Crippen MR) is 122 cm³/mol. The minimum Gasteiger partial charge on any atom is -0.478 e. The van der Waals surface area contributed by atoms with E-state index in [1.165, 1.54) is 48.8 Å². The highest BCUT2D eigenvalue weighted by atomic mass is 32.1. The van der Waals surface area contributed by atoms with Gasteiger partial charge in [0.25, 0.3) is 5.91 Å². The van der Waals surface area contributed by atoms with Gasteiger partial charge in [0.2, 0.25) is 0 Å². The van der Waals surface area contributed by atoms with E-state index in [-0.39, 0.29) is 28.2 Å². The normalized spacial score (nSPS) is 14.9. The molecule has 0 fully saturated rings. The summed E-state index contributed by atoms with van der Waals surface area (Å²) in [6.07, 6.45) is 3.10. The number of hydrogen-bond acceptors (Lipinski definition) is 7. The molecule has 0 saturated carbocycles. The molecule has 9 nitrogen and oxygen atoms in total. The van der Waals surface area contributed by atoms with Gasteiger partial charge < -0.3 is 19.6 Å². The smallest absolute Gasteiger partial charge is 0.337 e. The number of rotatable bonds is 6. The van der Waals surface area contributed by atoms with Crippen LogP contribution in [-0.4, -0.2) is 50.0 Å². The third-order valence-corrected chi connectivity index (χ3v) is 5.65. The Bertz CT molecular complexity index is 1220. The van der Waals surface area contributed by atoms with Crippen LogP contribution in [0.25, 0.3) is 10.9 Å². The van der Waals surface area contributed by atoms with Crippen molar-refractivity contribution in [3.63, 3.8) is 0 Å². The van der Waals surface area contributed by atoms with Gasteiger partial charge in [-0.3, -0.25) is 4.79 Å². The summed E-state index contributed by atoms with van der Waals surface area (Å²) < 4.78 is 4.83. The number of anilines is 2. The Balaban J connectivity index is 2.03. The number of amidine groups is 1. The lowest BCUT2D eigenvalue weighted by Crippen LogP contribution is -2.23. The number of benzene rings is 1. The molecule has 0 radical (unpaired) electrons. The molecule has 1 amide bonds. The van der Waals surface area contributed by atoms with Crippen LogP contribution in [0.4, 0.5) is 10.7 Å². The summed E-state index contributed by atoms with van der Waals surface area (Å²) in [5.41, 5.74) is 0.0153. The molecule has 0 atom stereocenters. The number of carbonyl (C=O) groups is 3. The largest absolute Gasteiger partial charge is 0.478 e. The molecule has 0 saturated heterocycles. The van der Waals surface area contributed by atoms with Gasteiger partial charge in [-0.15, -0.1) is 16.3 Å². The van der Waals surface area contributed by atoms with E-state index >= 15 is 0 Å². The van der Waals surface area contributed by atoms with Gasteiger partial charge in [0, 0.05) is 19.0 Å². The Kier molecular flexibility index (Phi) is 6.51. The molecule has 2 heterocycles. The van der Waals surface area contributed by atoms with Crippen molar-refractivity contribution in [2.75, 3.05) is 31.1 Å². The molecule has 0 spiro atoms. The van der Waals surface area contributed by atoms with E-state index in [4.69, 9.17) is 16.4 Å². The molecule has 2 aromatic rings. The number of esters is 1. The van der Waals surface area contributed by atoms with E-state index < -0.39 is 17.8 Å². The first-order valence-corrected chi connectivity index (χ1v) is 10.0. The van der Waals surface area contributed by atoms with Crippen LogP contribution in [0.2, 0.25) is 0 Å². The summed E-state index contributed by atoms with van der Waals surface area (Å²) in [5, 5.41) is 15.0. The lowest BCUT2D eigenvalue weighted by Gasteiger charge is -2.09. The van der Waals surface area contributed by atoms with Gasteiger partial charge in [-0.1, -0.05) is 6.57 Å². The van der Waals surface area contributed by atoms with Crippen LogP contribution in [0.3, 0.4) is 0 Å². The number of aromatic carboxylic acids is 1. The molecule has 1 N–H and O–H groups in total. The standard InChI is InChI=1S/C22H18N4O5S/c1-23-19-18(20(27)26(24-19)14-7-5-13(6-8-14)21(28)29)16(22(30)31-4)11-9-15-10-12-17(32-15)25(2)3/h5-12H,2-4H3,(H,28,29). The Morgan fingerprint density at radius 3 is 2.44 bits per heavy atom. The predicted octanol–water partition coefficient (Wildman–Crippen LogP) is 3.27. The fourth-order valence-corrected chi connectivity index (χ4v) is 3.66. The zero-order valence-corrected chi connectivity index (χ0v) is 18.2. The minimum atomic E-state index is -1.11. The first kappa shape index (κ1) is 22.5. The summed E-state index contributed by atoms with van der Waals surface area (Å²) in [6, 6.07) is 9.23. The summed E-state index contributed by atoms with van der Waals surface area (Å²) in [5.74, 6) is -2.85. The van der Waals surface area contributed by atoms with Gasteiger partial charge in [-0.25, -0.2) is 9.59 Å². The summed E-state index contributed by atoms with van der Waals surface area (Å²) >= 11 is 1.48. The monoisotopic (exact) mass is 450 g/mol. The molecule has 1 aliphatic rings. The van der Waals surface area contributed by atoms with Crippen LogP contribution in [0, 0.1) is 6.57 Å². The number of nitrogens with zero attached hydrogens (tertiary/aromatic N) is 4. The molecular formula is C22H18N4O5S. The first-order valence-electron chi connectivity index (χ1n) is 9.19. The lowest BCUT2D eigenvalue weighted by molar-refractivity contribution is -0.136. The molecule has 1 aromatic carbocycles.